The Morgan fingerprint density at radius 1 is 1.24 bits per heavy atom. The molecule has 1 aliphatic rings. The molecule has 0 saturated carbocycles. The molecular weight excluding hydrogens is 271 g/mol. The van der Waals surface area contributed by atoms with Crippen molar-refractivity contribution < 1.29 is 9.18 Å². The van der Waals surface area contributed by atoms with Crippen molar-refractivity contribution in [1.82, 2.24) is 10.3 Å². The van der Waals surface area contributed by atoms with Crippen LogP contribution in [-0.4, -0.2) is 37.1 Å². The first-order chi connectivity index (χ1) is 10.2. The average molecular weight is 288 g/mol. The van der Waals surface area contributed by atoms with Gasteiger partial charge in [0.2, 0.25) is 0 Å². The van der Waals surface area contributed by atoms with Crippen LogP contribution in [0.25, 0.3) is 0 Å². The minimum absolute atomic E-state index is 0.211. The number of aromatic amines is 1. The number of para-hydroxylation sites is 2. The van der Waals surface area contributed by atoms with Crippen LogP contribution < -0.4 is 15.5 Å². The van der Waals surface area contributed by atoms with Crippen molar-refractivity contribution in [3.8, 4) is 0 Å². The Morgan fingerprint density at radius 2 is 2.00 bits per heavy atom. The summed E-state index contributed by atoms with van der Waals surface area (Å²) >= 11 is 0. The van der Waals surface area contributed by atoms with Crippen molar-refractivity contribution in [3.05, 3.63) is 48.0 Å². The van der Waals surface area contributed by atoms with Crippen LogP contribution in [0.1, 0.15) is 10.5 Å². The molecule has 0 unspecified atom stereocenters. The molecule has 21 heavy (non-hydrogen) atoms. The van der Waals surface area contributed by atoms with E-state index in [-0.39, 0.29) is 11.6 Å². The highest BCUT2D eigenvalue weighted by atomic mass is 19.1. The van der Waals surface area contributed by atoms with Crippen LogP contribution in [-0.2, 0) is 0 Å². The van der Waals surface area contributed by atoms with Crippen LogP contribution in [0.2, 0.25) is 0 Å². The van der Waals surface area contributed by atoms with Crippen LogP contribution >= 0.6 is 0 Å². The second kappa shape index (κ2) is 5.97. The third-order valence-corrected chi connectivity index (χ3v) is 3.50. The Bertz CT molecular complexity index is 634. The van der Waals surface area contributed by atoms with Crippen molar-refractivity contribution in [2.45, 2.75) is 0 Å². The zero-order valence-electron chi connectivity index (χ0n) is 11.5. The van der Waals surface area contributed by atoms with Crippen molar-refractivity contribution >= 4 is 17.3 Å². The molecule has 110 valence electrons. The van der Waals surface area contributed by atoms with Gasteiger partial charge in [-0.05, 0) is 12.1 Å². The number of anilines is 2. The normalized spacial score (nSPS) is 15.0. The Kier molecular flexibility index (Phi) is 3.87. The number of carbonyl (C=O) groups is 1. The topological polar surface area (TPSA) is 60.2 Å². The van der Waals surface area contributed by atoms with Crippen LogP contribution in [0.4, 0.5) is 15.8 Å². The predicted octanol–water partition coefficient (Wildman–Crippen LogP) is 1.82. The summed E-state index contributed by atoms with van der Waals surface area (Å²) < 4.78 is 13.0. The SMILES string of the molecule is O=C(Nc1ccccc1N1CCNCC1)c1cc(F)c[nH]1. The van der Waals surface area contributed by atoms with Crippen LogP contribution in [0.3, 0.4) is 0 Å². The lowest BCUT2D eigenvalue weighted by atomic mass is 10.2. The number of nitrogens with one attached hydrogen (secondary N) is 3. The minimum atomic E-state index is -0.449. The summed E-state index contributed by atoms with van der Waals surface area (Å²) in [5.41, 5.74) is 1.93. The Morgan fingerprint density at radius 3 is 2.71 bits per heavy atom. The number of hydrogen-bond acceptors (Lipinski definition) is 3. The molecule has 2 heterocycles. The molecule has 0 radical (unpaired) electrons. The number of carbonyl (C=O) groups excluding carboxylic acids is 1. The number of nitrogens with zero attached hydrogens (tertiary/aromatic N) is 1. The first-order valence-electron chi connectivity index (χ1n) is 6.94. The van der Waals surface area contributed by atoms with Gasteiger partial charge < -0.3 is 20.5 Å². The summed E-state index contributed by atoms with van der Waals surface area (Å²) in [5.74, 6) is -0.794. The van der Waals surface area contributed by atoms with Crippen molar-refractivity contribution in [2.24, 2.45) is 0 Å². The molecule has 1 amide bonds. The van der Waals surface area contributed by atoms with E-state index in [4.69, 9.17) is 0 Å². The molecule has 3 rings (SSSR count). The van der Waals surface area contributed by atoms with Gasteiger partial charge in [-0.25, -0.2) is 4.39 Å². The highest BCUT2D eigenvalue weighted by Crippen LogP contribution is 2.26. The van der Waals surface area contributed by atoms with Gasteiger partial charge in [0, 0.05) is 38.4 Å². The molecular formula is C15H17FN4O. The zero-order chi connectivity index (χ0) is 14.7. The van der Waals surface area contributed by atoms with E-state index in [1.165, 1.54) is 6.07 Å². The fraction of sp³-hybridized carbons (Fsp3) is 0.267. The monoisotopic (exact) mass is 288 g/mol. The van der Waals surface area contributed by atoms with Gasteiger partial charge in [-0.15, -0.1) is 0 Å². The third kappa shape index (κ3) is 3.05. The molecule has 0 bridgehead atoms. The third-order valence-electron chi connectivity index (χ3n) is 3.50. The number of benzene rings is 1. The quantitative estimate of drug-likeness (QED) is 0.807. The van der Waals surface area contributed by atoms with Crippen LogP contribution in [0.5, 0.6) is 0 Å². The summed E-state index contributed by atoms with van der Waals surface area (Å²) in [6, 6.07) is 8.84. The van der Waals surface area contributed by atoms with E-state index < -0.39 is 5.82 Å². The highest BCUT2D eigenvalue weighted by molar-refractivity contribution is 6.04. The molecule has 0 atom stereocenters. The first kappa shape index (κ1) is 13.6. The van der Waals surface area contributed by atoms with Gasteiger partial charge in [-0.2, -0.15) is 0 Å². The molecule has 1 aromatic carbocycles. The summed E-state index contributed by atoms with van der Waals surface area (Å²) in [4.78, 5) is 17.0. The molecule has 1 saturated heterocycles. The second-order valence-corrected chi connectivity index (χ2v) is 4.94. The Labute approximate surface area is 122 Å². The number of H-pyrrole nitrogens is 1. The Balaban J connectivity index is 1.80. The number of amides is 1. The molecule has 0 aliphatic carbocycles. The van der Waals surface area contributed by atoms with E-state index in [0.29, 0.717) is 0 Å². The van der Waals surface area contributed by atoms with E-state index in [2.05, 4.69) is 20.5 Å². The van der Waals surface area contributed by atoms with Gasteiger partial charge >= 0.3 is 0 Å². The number of piperazine rings is 1. The van der Waals surface area contributed by atoms with Crippen LogP contribution in [0.15, 0.2) is 36.5 Å². The van der Waals surface area contributed by atoms with E-state index in [1.54, 1.807) is 0 Å². The smallest absolute Gasteiger partial charge is 0.272 e. The molecule has 5 nitrogen and oxygen atoms in total. The lowest BCUT2D eigenvalue weighted by Crippen LogP contribution is -2.43. The molecule has 3 N–H and O–H groups in total. The standard InChI is InChI=1S/C15H17FN4O/c16-11-9-13(18-10-11)15(21)19-12-3-1-2-4-14(12)20-7-5-17-6-8-20/h1-4,9-10,17-18H,5-8H2,(H,19,21). The summed E-state index contributed by atoms with van der Waals surface area (Å²) in [7, 11) is 0. The molecule has 2 aromatic rings. The molecule has 6 heteroatoms. The summed E-state index contributed by atoms with van der Waals surface area (Å²) in [5, 5.41) is 6.14. The van der Waals surface area contributed by atoms with Gasteiger partial charge in [0.1, 0.15) is 11.5 Å². The van der Waals surface area contributed by atoms with Gasteiger partial charge in [-0.1, -0.05) is 12.1 Å². The van der Waals surface area contributed by atoms with Crippen molar-refractivity contribution in [3.63, 3.8) is 0 Å². The zero-order valence-corrected chi connectivity index (χ0v) is 11.5. The van der Waals surface area contributed by atoms with Gasteiger partial charge in [0.05, 0.1) is 11.4 Å². The van der Waals surface area contributed by atoms with E-state index in [9.17, 15) is 9.18 Å². The van der Waals surface area contributed by atoms with Gasteiger partial charge in [0.15, 0.2) is 0 Å². The molecule has 1 fully saturated rings. The van der Waals surface area contributed by atoms with Crippen LogP contribution in [0, 0.1) is 5.82 Å². The minimum Gasteiger partial charge on any atom is -0.367 e. The summed E-state index contributed by atoms with van der Waals surface area (Å²) in [6.45, 7) is 3.63. The fourth-order valence-corrected chi connectivity index (χ4v) is 2.45. The fourth-order valence-electron chi connectivity index (χ4n) is 2.45. The van der Waals surface area contributed by atoms with Gasteiger partial charge in [0.25, 0.3) is 5.91 Å². The lowest BCUT2D eigenvalue weighted by Gasteiger charge is -2.31. The Hall–Kier alpha value is -2.34. The van der Waals surface area contributed by atoms with E-state index in [1.807, 2.05) is 24.3 Å². The lowest BCUT2D eigenvalue weighted by molar-refractivity contribution is 0.102. The van der Waals surface area contributed by atoms with Crippen molar-refractivity contribution in [1.29, 1.82) is 0 Å². The average Bonchev–Trinajstić information content (AvgIpc) is 2.95. The highest BCUT2D eigenvalue weighted by Gasteiger charge is 2.16. The maximum Gasteiger partial charge on any atom is 0.272 e. The van der Waals surface area contributed by atoms with E-state index in [0.717, 1.165) is 43.8 Å². The largest absolute Gasteiger partial charge is 0.367 e. The first-order valence-corrected chi connectivity index (χ1v) is 6.94. The number of aromatic nitrogens is 1. The second-order valence-electron chi connectivity index (χ2n) is 4.94. The summed E-state index contributed by atoms with van der Waals surface area (Å²) in [6.07, 6.45) is 1.16. The maximum atomic E-state index is 13.0. The number of hydrogen-bond donors (Lipinski definition) is 3. The molecule has 0 spiro atoms. The number of halogens is 1. The van der Waals surface area contributed by atoms with Crippen molar-refractivity contribution in [2.75, 3.05) is 36.4 Å². The maximum absolute atomic E-state index is 13.0. The predicted molar refractivity (Wildman–Crippen MR) is 80.2 cm³/mol. The van der Waals surface area contributed by atoms with E-state index >= 15 is 0 Å². The van der Waals surface area contributed by atoms with Gasteiger partial charge in [-0.3, -0.25) is 4.79 Å². The number of rotatable bonds is 3. The molecule has 1 aliphatic heterocycles. The molecule has 1 aromatic heterocycles.